The lowest BCUT2D eigenvalue weighted by atomic mass is 10.0. The highest BCUT2D eigenvalue weighted by Gasteiger charge is 2.14. The number of carbonyl (C=O) groups excluding carboxylic acids is 1. The number of rotatable bonds is 8. The van der Waals surface area contributed by atoms with Crippen LogP contribution in [0, 0.1) is 5.92 Å². The molecular formula is C17H25NO5S. The number of benzene rings is 1. The first kappa shape index (κ1) is 18.7. The average Bonchev–Trinajstić information content (AvgIpc) is 2.53. The smallest absolute Gasteiger partial charge is 0.233 e. The number of carbonyl (C=O) groups is 1. The van der Waals surface area contributed by atoms with Crippen molar-refractivity contribution in [3.63, 3.8) is 0 Å². The van der Waals surface area contributed by atoms with Crippen LogP contribution in [0.2, 0.25) is 0 Å². The van der Waals surface area contributed by atoms with Crippen LogP contribution in [-0.2, 0) is 26.0 Å². The van der Waals surface area contributed by atoms with Crippen molar-refractivity contribution in [1.29, 1.82) is 0 Å². The molecule has 0 radical (unpaired) electrons. The Morgan fingerprint density at radius 2 is 1.92 bits per heavy atom. The van der Waals surface area contributed by atoms with E-state index in [1.807, 2.05) is 29.0 Å². The fourth-order valence-electron chi connectivity index (χ4n) is 2.59. The highest BCUT2D eigenvalue weighted by molar-refractivity contribution is 7.89. The van der Waals surface area contributed by atoms with Gasteiger partial charge in [-0.05, 0) is 49.3 Å². The van der Waals surface area contributed by atoms with Gasteiger partial charge in [-0.3, -0.25) is 9.52 Å². The number of hydrogen-bond acceptors (Lipinski definition) is 5. The van der Waals surface area contributed by atoms with Crippen LogP contribution in [0.3, 0.4) is 0 Å². The fraction of sp³-hybridized carbons (Fsp3) is 0.588. The van der Waals surface area contributed by atoms with Gasteiger partial charge in [0.1, 0.15) is 5.75 Å². The fourth-order valence-corrected chi connectivity index (χ4v) is 3.11. The van der Waals surface area contributed by atoms with Gasteiger partial charge in [0.15, 0.2) is 0 Å². The number of hydrogen-bond donors (Lipinski definition) is 1. The molecule has 1 N–H and O–H groups in total. The molecule has 1 aromatic rings. The van der Waals surface area contributed by atoms with Crippen molar-refractivity contribution in [1.82, 2.24) is 4.72 Å². The molecule has 0 aromatic heterocycles. The Bertz CT molecular complexity index is 621. The quantitative estimate of drug-likeness (QED) is 0.770. The molecule has 0 unspecified atom stereocenters. The van der Waals surface area contributed by atoms with E-state index in [1.54, 1.807) is 0 Å². The molecule has 1 saturated heterocycles. The summed E-state index contributed by atoms with van der Waals surface area (Å²) >= 11 is 0. The van der Waals surface area contributed by atoms with Crippen molar-refractivity contribution in [2.24, 2.45) is 5.92 Å². The topological polar surface area (TPSA) is 81.7 Å². The Morgan fingerprint density at radius 3 is 2.54 bits per heavy atom. The maximum Gasteiger partial charge on any atom is 0.233 e. The number of aryl methyl sites for hydroxylation is 1. The molecule has 1 amide bonds. The van der Waals surface area contributed by atoms with Gasteiger partial charge in [-0.25, -0.2) is 8.42 Å². The summed E-state index contributed by atoms with van der Waals surface area (Å²) < 4.78 is 35.0. The van der Waals surface area contributed by atoms with Gasteiger partial charge < -0.3 is 9.47 Å². The lowest BCUT2D eigenvalue weighted by molar-refractivity contribution is -0.119. The predicted octanol–water partition coefficient (Wildman–Crippen LogP) is 1.89. The van der Waals surface area contributed by atoms with Crippen LogP contribution in [0.15, 0.2) is 24.3 Å². The summed E-state index contributed by atoms with van der Waals surface area (Å²) in [5.74, 6) is 0.945. The maximum atomic E-state index is 11.4. The summed E-state index contributed by atoms with van der Waals surface area (Å²) in [5.41, 5.74) is 1.10. The molecule has 134 valence electrons. The number of ether oxygens (including phenoxy) is 2. The molecule has 0 aliphatic carbocycles. The summed E-state index contributed by atoms with van der Waals surface area (Å²) in [6.07, 6.45) is 4.58. The van der Waals surface area contributed by atoms with Crippen molar-refractivity contribution >= 4 is 15.9 Å². The van der Waals surface area contributed by atoms with E-state index in [0.29, 0.717) is 18.9 Å². The van der Waals surface area contributed by atoms with Crippen LogP contribution >= 0.6 is 0 Å². The number of amides is 1. The predicted molar refractivity (Wildman–Crippen MR) is 91.4 cm³/mol. The van der Waals surface area contributed by atoms with Crippen molar-refractivity contribution in [2.75, 3.05) is 26.1 Å². The third-order valence-electron chi connectivity index (χ3n) is 3.92. The first-order valence-electron chi connectivity index (χ1n) is 8.22. The normalized spacial score (nSPS) is 15.9. The molecule has 1 aliphatic heterocycles. The SMILES string of the molecule is CS(=O)(=O)NC(=O)CCCc1ccc(OCC2CCOCC2)cc1. The monoisotopic (exact) mass is 355 g/mol. The summed E-state index contributed by atoms with van der Waals surface area (Å²) in [5, 5.41) is 0. The highest BCUT2D eigenvalue weighted by Crippen LogP contribution is 2.19. The lowest BCUT2D eigenvalue weighted by Gasteiger charge is -2.22. The molecule has 1 heterocycles. The van der Waals surface area contributed by atoms with Crippen LogP contribution in [0.25, 0.3) is 0 Å². The number of nitrogens with one attached hydrogen (secondary N) is 1. The van der Waals surface area contributed by atoms with Gasteiger partial charge in [-0.1, -0.05) is 12.1 Å². The molecule has 24 heavy (non-hydrogen) atoms. The molecule has 0 saturated carbocycles. The standard InChI is InChI=1S/C17H25NO5S/c1-24(20,21)18-17(19)4-2-3-14-5-7-16(8-6-14)23-13-15-9-11-22-12-10-15/h5-8,15H,2-4,9-13H2,1H3,(H,18,19). The zero-order valence-electron chi connectivity index (χ0n) is 14.0. The zero-order chi connectivity index (χ0) is 17.4. The Hall–Kier alpha value is -1.60. The Labute approximate surface area is 143 Å². The zero-order valence-corrected chi connectivity index (χ0v) is 14.8. The molecule has 7 heteroatoms. The second-order valence-electron chi connectivity index (χ2n) is 6.16. The highest BCUT2D eigenvalue weighted by atomic mass is 32.2. The van der Waals surface area contributed by atoms with Crippen molar-refractivity contribution in [3.8, 4) is 5.75 Å². The van der Waals surface area contributed by atoms with E-state index in [2.05, 4.69) is 0 Å². The van der Waals surface area contributed by atoms with Crippen molar-refractivity contribution in [3.05, 3.63) is 29.8 Å². The van der Waals surface area contributed by atoms with E-state index in [0.717, 1.165) is 50.0 Å². The molecule has 0 atom stereocenters. The van der Waals surface area contributed by atoms with Crippen LogP contribution in [0.5, 0.6) is 5.75 Å². The maximum absolute atomic E-state index is 11.4. The van der Waals surface area contributed by atoms with Gasteiger partial charge in [0.05, 0.1) is 12.9 Å². The molecule has 0 spiro atoms. The molecule has 0 bridgehead atoms. The van der Waals surface area contributed by atoms with E-state index in [-0.39, 0.29) is 6.42 Å². The number of sulfonamides is 1. The minimum absolute atomic E-state index is 0.190. The molecular weight excluding hydrogens is 330 g/mol. The largest absolute Gasteiger partial charge is 0.493 e. The van der Waals surface area contributed by atoms with Gasteiger partial charge in [0, 0.05) is 19.6 Å². The summed E-state index contributed by atoms with van der Waals surface area (Å²) in [6, 6.07) is 7.83. The minimum atomic E-state index is -3.46. The summed E-state index contributed by atoms with van der Waals surface area (Å²) in [6.45, 7) is 2.36. The van der Waals surface area contributed by atoms with Crippen LogP contribution < -0.4 is 9.46 Å². The lowest BCUT2D eigenvalue weighted by Crippen LogP contribution is -2.29. The van der Waals surface area contributed by atoms with E-state index < -0.39 is 15.9 Å². The Morgan fingerprint density at radius 1 is 1.25 bits per heavy atom. The summed E-state index contributed by atoms with van der Waals surface area (Å²) in [7, 11) is -3.46. The minimum Gasteiger partial charge on any atom is -0.493 e. The second kappa shape index (κ2) is 9.03. The van der Waals surface area contributed by atoms with Crippen molar-refractivity contribution in [2.45, 2.75) is 32.1 Å². The van der Waals surface area contributed by atoms with Crippen LogP contribution in [0.1, 0.15) is 31.2 Å². The van der Waals surface area contributed by atoms with Crippen molar-refractivity contribution < 1.29 is 22.7 Å². The molecule has 1 aliphatic rings. The molecule has 6 nitrogen and oxygen atoms in total. The third-order valence-corrected chi connectivity index (χ3v) is 4.52. The third kappa shape index (κ3) is 7.31. The first-order valence-corrected chi connectivity index (χ1v) is 10.1. The van der Waals surface area contributed by atoms with Gasteiger partial charge >= 0.3 is 0 Å². The van der Waals surface area contributed by atoms with Gasteiger partial charge in [0.2, 0.25) is 15.9 Å². The van der Waals surface area contributed by atoms with E-state index >= 15 is 0 Å². The Balaban J connectivity index is 1.68. The molecule has 2 rings (SSSR count). The van der Waals surface area contributed by atoms with Crippen LogP contribution in [0.4, 0.5) is 0 Å². The van der Waals surface area contributed by atoms with Gasteiger partial charge in [-0.2, -0.15) is 0 Å². The van der Waals surface area contributed by atoms with E-state index in [4.69, 9.17) is 9.47 Å². The second-order valence-corrected chi connectivity index (χ2v) is 7.91. The Kier molecular flexibility index (Phi) is 7.05. The summed E-state index contributed by atoms with van der Waals surface area (Å²) in [4.78, 5) is 11.4. The van der Waals surface area contributed by atoms with Gasteiger partial charge in [-0.15, -0.1) is 0 Å². The van der Waals surface area contributed by atoms with E-state index in [9.17, 15) is 13.2 Å². The van der Waals surface area contributed by atoms with Gasteiger partial charge in [0.25, 0.3) is 0 Å². The molecule has 1 fully saturated rings. The van der Waals surface area contributed by atoms with E-state index in [1.165, 1.54) is 0 Å². The average molecular weight is 355 g/mol. The first-order chi connectivity index (χ1) is 11.4. The van der Waals surface area contributed by atoms with Crippen LogP contribution in [-0.4, -0.2) is 40.4 Å². The molecule has 1 aromatic carbocycles.